The third-order valence-corrected chi connectivity index (χ3v) is 4.62. The second-order valence-electron chi connectivity index (χ2n) is 6.58. The number of halogens is 5. The summed E-state index contributed by atoms with van der Waals surface area (Å²) in [4.78, 5) is 1.14. The average molecular weight is 355 g/mol. The molecule has 2 atom stereocenters. The van der Waals surface area contributed by atoms with E-state index in [1.54, 1.807) is 38.1 Å². The summed E-state index contributed by atoms with van der Waals surface area (Å²) in [5, 5.41) is 0. The third-order valence-electron chi connectivity index (χ3n) is 4.62. The van der Waals surface area contributed by atoms with E-state index in [2.05, 4.69) is 0 Å². The number of alkyl halides is 3. The predicted octanol–water partition coefficient (Wildman–Crippen LogP) is 5.17. The molecule has 0 spiro atoms. The molecule has 6 heteroatoms. The standard InChI is InChI=1S/C19H18F5N/c1-11-7-15(20)17(16(21)8-11)18-14-6-4-3-5-13(14)9-12(2)25(18)10-19(22,23)24/h3-8,12,18H,9-10H2,1-2H3/t12-,18?/m1/s1. The van der Waals surface area contributed by atoms with Gasteiger partial charge in [0.1, 0.15) is 11.6 Å². The Morgan fingerprint density at radius 2 is 1.68 bits per heavy atom. The summed E-state index contributed by atoms with van der Waals surface area (Å²) in [6.07, 6.45) is -4.06. The molecule has 25 heavy (non-hydrogen) atoms. The Morgan fingerprint density at radius 3 is 2.28 bits per heavy atom. The normalized spacial score (nSPS) is 21.2. The number of aryl methyl sites for hydroxylation is 1. The van der Waals surface area contributed by atoms with Crippen LogP contribution in [0.15, 0.2) is 36.4 Å². The largest absolute Gasteiger partial charge is 0.401 e. The number of hydrogen-bond donors (Lipinski definition) is 0. The van der Waals surface area contributed by atoms with Crippen molar-refractivity contribution < 1.29 is 22.0 Å². The molecule has 2 aromatic rings. The lowest BCUT2D eigenvalue weighted by atomic mass is 9.84. The maximum atomic E-state index is 14.6. The highest BCUT2D eigenvalue weighted by Crippen LogP contribution is 2.41. The molecular weight excluding hydrogens is 337 g/mol. The fourth-order valence-electron chi connectivity index (χ4n) is 3.60. The van der Waals surface area contributed by atoms with Gasteiger partial charge in [0.15, 0.2) is 0 Å². The van der Waals surface area contributed by atoms with Gasteiger partial charge >= 0.3 is 6.18 Å². The smallest absolute Gasteiger partial charge is 0.281 e. The number of hydrogen-bond acceptors (Lipinski definition) is 1. The Bertz CT molecular complexity index is 761. The highest BCUT2D eigenvalue weighted by molar-refractivity contribution is 5.42. The van der Waals surface area contributed by atoms with Crippen LogP contribution in [0.4, 0.5) is 22.0 Å². The van der Waals surface area contributed by atoms with Crippen molar-refractivity contribution in [2.24, 2.45) is 0 Å². The van der Waals surface area contributed by atoms with E-state index in [0.29, 0.717) is 17.5 Å². The van der Waals surface area contributed by atoms with Gasteiger partial charge < -0.3 is 0 Å². The molecule has 0 aliphatic carbocycles. The van der Waals surface area contributed by atoms with Crippen molar-refractivity contribution in [2.45, 2.75) is 38.5 Å². The van der Waals surface area contributed by atoms with E-state index in [0.717, 1.165) is 22.6 Å². The van der Waals surface area contributed by atoms with Crippen LogP contribution in [0, 0.1) is 18.6 Å². The topological polar surface area (TPSA) is 3.24 Å². The van der Waals surface area contributed by atoms with Gasteiger partial charge in [-0.2, -0.15) is 13.2 Å². The minimum absolute atomic E-state index is 0.325. The van der Waals surface area contributed by atoms with Crippen molar-refractivity contribution in [3.05, 3.63) is 70.3 Å². The summed E-state index contributed by atoms with van der Waals surface area (Å²) in [5.41, 5.74) is 1.40. The SMILES string of the molecule is Cc1cc(F)c(C2c3ccccc3C[C@@H](C)N2CC(F)(F)F)c(F)c1. The molecule has 0 amide bonds. The minimum Gasteiger partial charge on any atom is -0.281 e. The summed E-state index contributed by atoms with van der Waals surface area (Å²) in [6.45, 7) is 1.97. The molecule has 2 aromatic carbocycles. The van der Waals surface area contributed by atoms with Crippen LogP contribution in [0.5, 0.6) is 0 Å². The van der Waals surface area contributed by atoms with Gasteiger partial charge in [-0.3, -0.25) is 4.90 Å². The molecule has 0 N–H and O–H groups in total. The summed E-state index contributed by atoms with van der Waals surface area (Å²) in [5.74, 6) is -1.64. The first kappa shape index (κ1) is 17.9. The van der Waals surface area contributed by atoms with Crippen LogP contribution in [-0.2, 0) is 6.42 Å². The van der Waals surface area contributed by atoms with Crippen LogP contribution in [-0.4, -0.2) is 23.7 Å². The van der Waals surface area contributed by atoms with Crippen LogP contribution in [0.25, 0.3) is 0 Å². The lowest BCUT2D eigenvalue weighted by Crippen LogP contribution is -2.47. The maximum Gasteiger partial charge on any atom is 0.401 e. The molecule has 1 aliphatic rings. The van der Waals surface area contributed by atoms with Crippen LogP contribution < -0.4 is 0 Å². The molecule has 1 nitrogen and oxygen atoms in total. The zero-order chi connectivity index (χ0) is 18.4. The van der Waals surface area contributed by atoms with E-state index in [-0.39, 0.29) is 5.56 Å². The van der Waals surface area contributed by atoms with Gasteiger partial charge in [0.25, 0.3) is 0 Å². The summed E-state index contributed by atoms with van der Waals surface area (Å²) in [6, 6.07) is 7.62. The molecule has 3 rings (SSSR count). The van der Waals surface area contributed by atoms with Crippen LogP contribution in [0.2, 0.25) is 0 Å². The third kappa shape index (κ3) is 3.54. The highest BCUT2D eigenvalue weighted by atomic mass is 19.4. The van der Waals surface area contributed by atoms with E-state index in [9.17, 15) is 22.0 Å². The van der Waals surface area contributed by atoms with Gasteiger partial charge in [0, 0.05) is 11.6 Å². The van der Waals surface area contributed by atoms with E-state index in [4.69, 9.17) is 0 Å². The molecule has 1 unspecified atom stereocenters. The first-order valence-electron chi connectivity index (χ1n) is 8.03. The number of benzene rings is 2. The molecule has 0 fully saturated rings. The first-order valence-corrected chi connectivity index (χ1v) is 8.03. The molecule has 1 aliphatic heterocycles. The summed E-state index contributed by atoms with van der Waals surface area (Å²) in [7, 11) is 0. The Hall–Kier alpha value is -1.95. The van der Waals surface area contributed by atoms with Gasteiger partial charge in [-0.1, -0.05) is 24.3 Å². The fraction of sp³-hybridized carbons (Fsp3) is 0.368. The Balaban J connectivity index is 2.20. The fourth-order valence-corrected chi connectivity index (χ4v) is 3.60. The number of rotatable bonds is 2. The number of nitrogens with zero attached hydrogens (tertiary/aromatic N) is 1. The lowest BCUT2D eigenvalue weighted by molar-refractivity contribution is -0.155. The van der Waals surface area contributed by atoms with E-state index in [1.807, 2.05) is 0 Å². The molecule has 0 saturated heterocycles. The Labute approximate surface area is 143 Å². The molecule has 0 radical (unpaired) electrons. The maximum absolute atomic E-state index is 14.6. The van der Waals surface area contributed by atoms with Gasteiger partial charge in [-0.05, 0) is 49.1 Å². The van der Waals surface area contributed by atoms with E-state index < -0.39 is 36.4 Å². The van der Waals surface area contributed by atoms with E-state index >= 15 is 0 Å². The average Bonchev–Trinajstić information content (AvgIpc) is 2.48. The van der Waals surface area contributed by atoms with Crippen molar-refractivity contribution in [2.75, 3.05) is 6.54 Å². The predicted molar refractivity (Wildman–Crippen MR) is 85.3 cm³/mol. The zero-order valence-electron chi connectivity index (χ0n) is 13.9. The van der Waals surface area contributed by atoms with Crippen LogP contribution in [0.3, 0.4) is 0 Å². The van der Waals surface area contributed by atoms with Crippen molar-refractivity contribution in [3.8, 4) is 0 Å². The second kappa shape index (κ2) is 6.41. The molecule has 0 bridgehead atoms. The Kier molecular flexibility index (Phi) is 4.58. The molecular formula is C19H18F5N. The van der Waals surface area contributed by atoms with Crippen LogP contribution in [0.1, 0.15) is 35.2 Å². The van der Waals surface area contributed by atoms with Crippen molar-refractivity contribution >= 4 is 0 Å². The van der Waals surface area contributed by atoms with Crippen molar-refractivity contribution in [1.29, 1.82) is 0 Å². The molecule has 134 valence electrons. The molecule has 0 saturated carbocycles. The van der Waals surface area contributed by atoms with Crippen LogP contribution >= 0.6 is 0 Å². The lowest BCUT2D eigenvalue weighted by Gasteiger charge is -2.42. The van der Waals surface area contributed by atoms with Gasteiger partial charge in [0.05, 0.1) is 12.6 Å². The van der Waals surface area contributed by atoms with Gasteiger partial charge in [-0.25, -0.2) is 8.78 Å². The summed E-state index contributed by atoms with van der Waals surface area (Å²) >= 11 is 0. The van der Waals surface area contributed by atoms with Gasteiger partial charge in [0.2, 0.25) is 0 Å². The monoisotopic (exact) mass is 355 g/mol. The Morgan fingerprint density at radius 1 is 1.08 bits per heavy atom. The van der Waals surface area contributed by atoms with Crippen molar-refractivity contribution in [1.82, 2.24) is 4.90 Å². The van der Waals surface area contributed by atoms with E-state index in [1.165, 1.54) is 0 Å². The number of fused-ring (bicyclic) bond motifs is 1. The van der Waals surface area contributed by atoms with Crippen molar-refractivity contribution in [3.63, 3.8) is 0 Å². The highest BCUT2D eigenvalue weighted by Gasteiger charge is 2.42. The van der Waals surface area contributed by atoms with Gasteiger partial charge in [-0.15, -0.1) is 0 Å². The first-order chi connectivity index (χ1) is 11.7. The zero-order valence-corrected chi connectivity index (χ0v) is 13.9. The minimum atomic E-state index is -4.46. The second-order valence-corrected chi connectivity index (χ2v) is 6.58. The quantitative estimate of drug-likeness (QED) is 0.672. The molecule has 1 heterocycles. The summed E-state index contributed by atoms with van der Waals surface area (Å²) < 4.78 is 68.5. The molecule has 0 aromatic heterocycles.